The molecule has 0 amide bonds. The zero-order valence-electron chi connectivity index (χ0n) is 10.1. The number of halogens is 1. The van der Waals surface area contributed by atoms with Crippen LogP contribution in [0.2, 0.25) is 0 Å². The Morgan fingerprint density at radius 3 is 3.00 bits per heavy atom. The van der Waals surface area contributed by atoms with Crippen LogP contribution in [0.4, 0.5) is 5.69 Å². The smallest absolute Gasteiger partial charge is 0.161 e. The first-order chi connectivity index (χ1) is 8.61. The third-order valence-corrected chi connectivity index (χ3v) is 3.64. The van der Waals surface area contributed by atoms with Gasteiger partial charge in [-0.1, -0.05) is 6.07 Å². The maximum atomic E-state index is 9.53. The van der Waals surface area contributed by atoms with Crippen molar-refractivity contribution in [2.24, 2.45) is 0 Å². The van der Waals surface area contributed by atoms with Crippen LogP contribution in [0.15, 0.2) is 22.7 Å². The Kier molecular flexibility index (Phi) is 4.23. The summed E-state index contributed by atoms with van der Waals surface area (Å²) in [5.74, 6) is 0. The van der Waals surface area contributed by atoms with E-state index in [1.807, 2.05) is 18.2 Å². The normalized spacial score (nSPS) is 21.4. The molecule has 96 valence electrons. The number of morpholine rings is 1. The van der Waals surface area contributed by atoms with Crippen molar-refractivity contribution in [1.29, 1.82) is 5.26 Å². The number of rotatable bonds is 2. The average Bonchev–Trinajstić information content (AvgIpc) is 2.38. The number of nitriles is 1. The van der Waals surface area contributed by atoms with E-state index >= 15 is 0 Å². The zero-order chi connectivity index (χ0) is 13.1. The van der Waals surface area contributed by atoms with Gasteiger partial charge < -0.3 is 14.7 Å². The molecule has 0 bridgehead atoms. The van der Waals surface area contributed by atoms with Crippen LogP contribution in [0.25, 0.3) is 0 Å². The van der Waals surface area contributed by atoms with Gasteiger partial charge in [0.1, 0.15) is 0 Å². The molecule has 1 aromatic rings. The second-order valence-electron chi connectivity index (χ2n) is 4.32. The minimum absolute atomic E-state index is 0.373. The van der Waals surface area contributed by atoms with Gasteiger partial charge in [0.25, 0.3) is 0 Å². The van der Waals surface area contributed by atoms with Crippen LogP contribution in [-0.4, -0.2) is 30.9 Å². The Bertz CT molecular complexity index is 471. The molecule has 4 nitrogen and oxygen atoms in total. The van der Waals surface area contributed by atoms with E-state index in [-0.39, 0.29) is 6.10 Å². The van der Waals surface area contributed by atoms with Gasteiger partial charge in [-0.25, -0.2) is 0 Å². The number of aliphatic hydroxyl groups is 1. The highest BCUT2D eigenvalue weighted by Gasteiger charge is 2.21. The fourth-order valence-electron chi connectivity index (χ4n) is 1.99. The second-order valence-corrected chi connectivity index (χ2v) is 5.18. The Labute approximate surface area is 115 Å². The largest absolute Gasteiger partial charge is 0.389 e. The van der Waals surface area contributed by atoms with E-state index in [4.69, 9.17) is 10.00 Å². The van der Waals surface area contributed by atoms with Gasteiger partial charge in [-0.15, -0.1) is 0 Å². The van der Waals surface area contributed by atoms with Gasteiger partial charge in [-0.3, -0.25) is 0 Å². The molecule has 1 heterocycles. The predicted octanol–water partition coefficient (Wildman–Crippen LogP) is 2.23. The summed E-state index contributed by atoms with van der Waals surface area (Å²) >= 11 is 3.52. The number of hydrogen-bond acceptors (Lipinski definition) is 4. The molecule has 1 aliphatic heterocycles. The molecule has 1 unspecified atom stereocenters. The fourth-order valence-corrected chi connectivity index (χ4v) is 2.63. The standard InChI is InChI=1S/C13H15BrN2O2/c1-9(17)10-2-3-13(12(14)6-10)16-4-5-18-11(7-15)8-16/h2-3,6,9,11,17H,4-5,8H2,1H3/t9-,11?/m0/s1. The summed E-state index contributed by atoms with van der Waals surface area (Å²) in [6, 6.07) is 7.92. The topological polar surface area (TPSA) is 56.5 Å². The lowest BCUT2D eigenvalue weighted by molar-refractivity contribution is 0.0764. The fraction of sp³-hybridized carbons (Fsp3) is 0.462. The molecule has 2 atom stereocenters. The zero-order valence-corrected chi connectivity index (χ0v) is 11.7. The van der Waals surface area contributed by atoms with E-state index in [2.05, 4.69) is 26.9 Å². The summed E-state index contributed by atoms with van der Waals surface area (Å²) in [5, 5.41) is 18.4. The average molecular weight is 311 g/mol. The van der Waals surface area contributed by atoms with Gasteiger partial charge >= 0.3 is 0 Å². The van der Waals surface area contributed by atoms with E-state index in [0.29, 0.717) is 13.2 Å². The Morgan fingerprint density at radius 1 is 1.61 bits per heavy atom. The number of aliphatic hydroxyl groups excluding tert-OH is 1. The summed E-state index contributed by atoms with van der Waals surface area (Å²) in [6.45, 7) is 3.64. The molecule has 1 N–H and O–H groups in total. The van der Waals surface area contributed by atoms with Crippen LogP contribution in [0.3, 0.4) is 0 Å². The highest BCUT2D eigenvalue weighted by atomic mass is 79.9. The molecule has 5 heteroatoms. The van der Waals surface area contributed by atoms with E-state index in [0.717, 1.165) is 22.3 Å². The van der Waals surface area contributed by atoms with E-state index in [1.54, 1.807) is 6.92 Å². The third kappa shape index (κ3) is 2.83. The first kappa shape index (κ1) is 13.3. The van der Waals surface area contributed by atoms with Crippen molar-refractivity contribution in [3.8, 4) is 6.07 Å². The van der Waals surface area contributed by atoms with E-state index in [9.17, 15) is 5.11 Å². The lowest BCUT2D eigenvalue weighted by atomic mass is 10.1. The molecule has 0 spiro atoms. The van der Waals surface area contributed by atoms with Crippen LogP contribution >= 0.6 is 15.9 Å². The van der Waals surface area contributed by atoms with Crippen LogP contribution < -0.4 is 4.90 Å². The minimum atomic E-state index is -0.480. The lowest BCUT2D eigenvalue weighted by Crippen LogP contribution is -2.42. The summed E-state index contributed by atoms with van der Waals surface area (Å²) < 4.78 is 6.25. The van der Waals surface area contributed by atoms with E-state index < -0.39 is 6.10 Å². The molecule has 1 saturated heterocycles. The molecule has 0 radical (unpaired) electrons. The van der Waals surface area contributed by atoms with Crippen molar-refractivity contribution in [3.05, 3.63) is 28.2 Å². The molecule has 1 aliphatic rings. The number of ether oxygens (including phenoxy) is 1. The molecule has 1 aromatic carbocycles. The van der Waals surface area contributed by atoms with Gasteiger partial charge in [0, 0.05) is 11.0 Å². The van der Waals surface area contributed by atoms with Crippen molar-refractivity contribution in [1.82, 2.24) is 0 Å². The molecular formula is C13H15BrN2O2. The van der Waals surface area contributed by atoms with Crippen molar-refractivity contribution >= 4 is 21.6 Å². The minimum Gasteiger partial charge on any atom is -0.389 e. The number of benzene rings is 1. The van der Waals surface area contributed by atoms with Crippen LogP contribution in [-0.2, 0) is 4.74 Å². The molecule has 0 aliphatic carbocycles. The third-order valence-electron chi connectivity index (χ3n) is 3.01. The van der Waals surface area contributed by atoms with Gasteiger partial charge in [-0.2, -0.15) is 5.26 Å². The quantitative estimate of drug-likeness (QED) is 0.910. The van der Waals surface area contributed by atoms with Crippen molar-refractivity contribution in [3.63, 3.8) is 0 Å². The Morgan fingerprint density at radius 2 is 2.39 bits per heavy atom. The highest BCUT2D eigenvalue weighted by Crippen LogP contribution is 2.30. The SMILES string of the molecule is C[C@H](O)c1ccc(N2CCOC(C#N)C2)c(Br)c1. The van der Waals surface area contributed by atoms with Crippen LogP contribution in [0.1, 0.15) is 18.6 Å². The predicted molar refractivity (Wildman–Crippen MR) is 72.3 cm³/mol. The summed E-state index contributed by atoms with van der Waals surface area (Å²) in [7, 11) is 0. The molecule has 0 saturated carbocycles. The molecule has 2 rings (SSSR count). The highest BCUT2D eigenvalue weighted by molar-refractivity contribution is 9.10. The lowest BCUT2D eigenvalue weighted by Gasteiger charge is -2.32. The maximum absolute atomic E-state index is 9.53. The molecule has 0 aromatic heterocycles. The van der Waals surface area contributed by atoms with Crippen molar-refractivity contribution in [2.45, 2.75) is 19.1 Å². The van der Waals surface area contributed by atoms with Crippen molar-refractivity contribution in [2.75, 3.05) is 24.6 Å². The van der Waals surface area contributed by atoms with Crippen molar-refractivity contribution < 1.29 is 9.84 Å². The molecule has 1 fully saturated rings. The Hall–Kier alpha value is -1.09. The summed E-state index contributed by atoms with van der Waals surface area (Å²) in [5.41, 5.74) is 1.90. The summed E-state index contributed by atoms with van der Waals surface area (Å²) in [6.07, 6.45) is -0.853. The van der Waals surface area contributed by atoms with E-state index in [1.165, 1.54) is 0 Å². The van der Waals surface area contributed by atoms with Crippen LogP contribution in [0, 0.1) is 11.3 Å². The summed E-state index contributed by atoms with van der Waals surface area (Å²) in [4.78, 5) is 2.12. The van der Waals surface area contributed by atoms with Gasteiger partial charge in [0.05, 0.1) is 31.0 Å². The first-order valence-electron chi connectivity index (χ1n) is 5.85. The van der Waals surface area contributed by atoms with Crippen LogP contribution in [0.5, 0.6) is 0 Å². The number of anilines is 1. The van der Waals surface area contributed by atoms with Gasteiger partial charge in [0.15, 0.2) is 6.10 Å². The maximum Gasteiger partial charge on any atom is 0.161 e. The molecule has 18 heavy (non-hydrogen) atoms. The Balaban J connectivity index is 2.21. The monoisotopic (exact) mass is 310 g/mol. The van der Waals surface area contributed by atoms with Gasteiger partial charge in [0.2, 0.25) is 0 Å². The van der Waals surface area contributed by atoms with Gasteiger partial charge in [-0.05, 0) is 40.5 Å². The molecular weight excluding hydrogens is 296 g/mol. The second kappa shape index (κ2) is 5.70. The number of hydrogen-bond donors (Lipinski definition) is 1. The number of nitrogens with zero attached hydrogens (tertiary/aromatic N) is 2. The first-order valence-corrected chi connectivity index (χ1v) is 6.65.